The van der Waals surface area contributed by atoms with Crippen molar-refractivity contribution >= 4 is 10.0 Å². The Labute approximate surface area is 124 Å². The Hall–Kier alpha value is -2.68. The predicted molar refractivity (Wildman–Crippen MR) is 72.2 cm³/mol. The quantitative estimate of drug-likeness (QED) is 0.735. The molecule has 6 nitrogen and oxygen atoms in total. The van der Waals surface area contributed by atoms with Crippen LogP contribution < -0.4 is 0 Å². The molecule has 0 bridgehead atoms. The van der Waals surface area contributed by atoms with E-state index in [1.54, 1.807) is 0 Å². The van der Waals surface area contributed by atoms with Crippen LogP contribution in [0.5, 0.6) is 0 Å². The fraction of sp³-hybridized carbons (Fsp3) is 0. The van der Waals surface area contributed by atoms with Crippen LogP contribution in [-0.2, 0) is 10.0 Å². The molecule has 0 amide bonds. The van der Waals surface area contributed by atoms with Crippen molar-refractivity contribution < 1.29 is 17.2 Å². The summed E-state index contributed by atoms with van der Waals surface area (Å²) >= 11 is 0. The number of hydrogen-bond acceptors (Lipinski definition) is 5. The molecule has 0 fully saturated rings. The van der Waals surface area contributed by atoms with Crippen LogP contribution in [0, 0.1) is 11.6 Å². The van der Waals surface area contributed by atoms with Gasteiger partial charge in [-0.2, -0.15) is 8.42 Å². The molecule has 0 aliphatic heterocycles. The molecule has 1 aromatic heterocycles. The first kappa shape index (κ1) is 14.3. The first-order valence-corrected chi connectivity index (χ1v) is 7.48. The second kappa shape index (κ2) is 5.26. The average molecular weight is 322 g/mol. The molecule has 0 aliphatic carbocycles. The van der Waals surface area contributed by atoms with E-state index in [4.69, 9.17) is 0 Å². The van der Waals surface area contributed by atoms with Gasteiger partial charge in [-0.05, 0) is 59.0 Å². The van der Waals surface area contributed by atoms with Crippen LogP contribution in [0.15, 0.2) is 53.4 Å². The van der Waals surface area contributed by atoms with Crippen molar-refractivity contribution in [3.63, 3.8) is 0 Å². The van der Waals surface area contributed by atoms with Gasteiger partial charge in [0, 0.05) is 5.56 Å². The summed E-state index contributed by atoms with van der Waals surface area (Å²) in [6, 6.07) is 9.32. The number of tetrazole rings is 1. The number of benzene rings is 2. The van der Waals surface area contributed by atoms with Crippen molar-refractivity contribution in [2.45, 2.75) is 4.90 Å². The first-order valence-electron chi connectivity index (χ1n) is 6.04. The molecule has 0 unspecified atom stereocenters. The SMILES string of the molecule is O=S(=O)(c1ccc(F)cc1)n1nnnc1-c1ccc(F)cc1. The fourth-order valence-corrected chi connectivity index (χ4v) is 2.99. The predicted octanol–water partition coefficient (Wildman–Crippen LogP) is 1.86. The van der Waals surface area contributed by atoms with Gasteiger partial charge >= 0.3 is 0 Å². The maximum atomic E-state index is 13.0. The molecule has 112 valence electrons. The van der Waals surface area contributed by atoms with E-state index >= 15 is 0 Å². The van der Waals surface area contributed by atoms with E-state index in [-0.39, 0.29) is 10.7 Å². The fourth-order valence-electron chi connectivity index (χ4n) is 1.81. The highest BCUT2D eigenvalue weighted by Crippen LogP contribution is 2.21. The highest BCUT2D eigenvalue weighted by molar-refractivity contribution is 7.90. The minimum absolute atomic E-state index is 0.0654. The van der Waals surface area contributed by atoms with Gasteiger partial charge < -0.3 is 0 Å². The van der Waals surface area contributed by atoms with E-state index in [0.29, 0.717) is 9.65 Å². The van der Waals surface area contributed by atoms with Gasteiger partial charge in [-0.3, -0.25) is 0 Å². The number of aromatic nitrogens is 4. The summed E-state index contributed by atoms with van der Waals surface area (Å²) in [5.41, 5.74) is 0.331. The van der Waals surface area contributed by atoms with E-state index in [1.807, 2.05) is 0 Å². The average Bonchev–Trinajstić information content (AvgIpc) is 2.99. The van der Waals surface area contributed by atoms with Crippen molar-refractivity contribution in [1.29, 1.82) is 0 Å². The summed E-state index contributed by atoms with van der Waals surface area (Å²) in [5.74, 6) is -1.09. The van der Waals surface area contributed by atoms with Gasteiger partial charge in [-0.25, -0.2) is 8.78 Å². The highest BCUT2D eigenvalue weighted by atomic mass is 32.2. The van der Waals surface area contributed by atoms with E-state index in [2.05, 4.69) is 15.5 Å². The molecule has 0 saturated carbocycles. The maximum absolute atomic E-state index is 13.0. The molecule has 22 heavy (non-hydrogen) atoms. The summed E-state index contributed by atoms with van der Waals surface area (Å²) < 4.78 is 51.5. The second-order valence-corrected chi connectivity index (χ2v) is 6.08. The van der Waals surface area contributed by atoms with Gasteiger partial charge in [0.05, 0.1) is 4.90 Å². The lowest BCUT2D eigenvalue weighted by atomic mass is 10.2. The Morgan fingerprint density at radius 3 is 2.00 bits per heavy atom. The molecule has 0 atom stereocenters. The molecule has 9 heteroatoms. The lowest BCUT2D eigenvalue weighted by Crippen LogP contribution is -2.16. The summed E-state index contributed by atoms with van der Waals surface area (Å²) in [6.07, 6.45) is 0. The first-order chi connectivity index (χ1) is 10.5. The van der Waals surface area contributed by atoms with Crippen molar-refractivity contribution in [1.82, 2.24) is 19.6 Å². The minimum Gasteiger partial charge on any atom is -0.207 e. The van der Waals surface area contributed by atoms with Crippen LogP contribution in [0.2, 0.25) is 0 Å². The van der Waals surface area contributed by atoms with Gasteiger partial charge in [-0.15, -0.1) is 9.19 Å². The number of rotatable bonds is 3. The summed E-state index contributed by atoms with van der Waals surface area (Å²) in [5, 5.41) is 10.5. The van der Waals surface area contributed by atoms with Gasteiger partial charge in [0.15, 0.2) is 5.82 Å². The molecule has 3 rings (SSSR count). The van der Waals surface area contributed by atoms with E-state index < -0.39 is 21.7 Å². The zero-order chi connectivity index (χ0) is 15.7. The molecule has 2 aromatic carbocycles. The third kappa shape index (κ3) is 2.46. The van der Waals surface area contributed by atoms with Crippen LogP contribution in [0.3, 0.4) is 0 Å². The largest absolute Gasteiger partial charge is 0.286 e. The lowest BCUT2D eigenvalue weighted by Gasteiger charge is -2.06. The van der Waals surface area contributed by atoms with Gasteiger partial charge in [0.2, 0.25) is 0 Å². The summed E-state index contributed by atoms with van der Waals surface area (Å²) in [6.45, 7) is 0. The smallest absolute Gasteiger partial charge is 0.207 e. The van der Waals surface area contributed by atoms with Crippen LogP contribution >= 0.6 is 0 Å². The van der Waals surface area contributed by atoms with Crippen LogP contribution in [0.4, 0.5) is 8.78 Å². The Morgan fingerprint density at radius 2 is 1.41 bits per heavy atom. The van der Waals surface area contributed by atoms with Crippen molar-refractivity contribution in [2.24, 2.45) is 0 Å². The highest BCUT2D eigenvalue weighted by Gasteiger charge is 2.23. The Bertz CT molecular complexity index is 906. The molecule has 0 aliphatic rings. The lowest BCUT2D eigenvalue weighted by molar-refractivity contribution is 0.577. The van der Waals surface area contributed by atoms with Crippen molar-refractivity contribution in [2.75, 3.05) is 0 Å². The Morgan fingerprint density at radius 1 is 0.864 bits per heavy atom. The molecule has 1 heterocycles. The molecule has 0 N–H and O–H groups in total. The summed E-state index contributed by atoms with van der Waals surface area (Å²) in [7, 11) is -4.08. The van der Waals surface area contributed by atoms with E-state index in [0.717, 1.165) is 24.3 Å². The molecular formula is C13H8F2N4O2S. The van der Waals surface area contributed by atoms with E-state index in [1.165, 1.54) is 24.3 Å². The zero-order valence-corrected chi connectivity index (χ0v) is 11.7. The third-order valence-corrected chi connectivity index (χ3v) is 4.45. The van der Waals surface area contributed by atoms with Crippen LogP contribution in [-0.4, -0.2) is 28.0 Å². The van der Waals surface area contributed by atoms with Crippen LogP contribution in [0.1, 0.15) is 0 Å². The second-order valence-electron chi connectivity index (χ2n) is 4.31. The molecule has 0 radical (unpaired) electrons. The molecule has 0 spiro atoms. The normalized spacial score (nSPS) is 11.5. The van der Waals surface area contributed by atoms with Crippen LogP contribution in [0.25, 0.3) is 11.4 Å². The van der Waals surface area contributed by atoms with Gasteiger partial charge in [0.1, 0.15) is 11.6 Å². The van der Waals surface area contributed by atoms with Gasteiger partial charge in [-0.1, -0.05) is 0 Å². The molecule has 3 aromatic rings. The topological polar surface area (TPSA) is 77.7 Å². The summed E-state index contributed by atoms with van der Waals surface area (Å²) in [4.78, 5) is -0.162. The van der Waals surface area contributed by atoms with Crippen molar-refractivity contribution in [3.05, 3.63) is 60.2 Å². The zero-order valence-electron chi connectivity index (χ0n) is 10.9. The molecule has 0 saturated heterocycles. The number of nitrogens with zero attached hydrogens (tertiary/aromatic N) is 4. The Balaban J connectivity index is 2.11. The van der Waals surface area contributed by atoms with Crippen molar-refractivity contribution in [3.8, 4) is 11.4 Å². The maximum Gasteiger partial charge on any atom is 0.286 e. The van der Waals surface area contributed by atoms with Gasteiger partial charge in [0.25, 0.3) is 10.0 Å². The minimum atomic E-state index is -4.08. The monoisotopic (exact) mass is 322 g/mol. The van der Waals surface area contributed by atoms with E-state index in [9.17, 15) is 17.2 Å². The number of halogens is 2. The number of hydrogen-bond donors (Lipinski definition) is 0. The molecular weight excluding hydrogens is 314 g/mol. The Kier molecular flexibility index (Phi) is 3.41. The third-order valence-electron chi connectivity index (χ3n) is 2.88. The standard InChI is InChI=1S/C13H8F2N4O2S/c14-10-3-1-9(2-4-10)13-16-17-18-19(13)22(20,21)12-7-5-11(15)6-8-12/h1-8H.